The molecule has 0 bridgehead atoms. The summed E-state index contributed by atoms with van der Waals surface area (Å²) < 4.78 is 0. The third kappa shape index (κ3) is 3.25. The zero-order valence-corrected chi connectivity index (χ0v) is 21.9. The smallest absolute Gasteiger partial charge is 0.155 e. The van der Waals surface area contributed by atoms with E-state index in [1.807, 2.05) is 19.9 Å². The summed E-state index contributed by atoms with van der Waals surface area (Å²) in [6.07, 6.45) is 13.0. The Morgan fingerprint density at radius 3 is 2.44 bits per heavy atom. The van der Waals surface area contributed by atoms with E-state index in [1.54, 1.807) is 5.57 Å². The molecular formula is C30H46O2. The van der Waals surface area contributed by atoms with Crippen molar-refractivity contribution >= 4 is 11.6 Å². The monoisotopic (exact) mass is 438 g/mol. The number of rotatable bonds is 4. The van der Waals surface area contributed by atoms with Crippen LogP contribution in [0.3, 0.4) is 0 Å². The Morgan fingerprint density at radius 1 is 1.09 bits per heavy atom. The van der Waals surface area contributed by atoms with Crippen molar-refractivity contribution < 1.29 is 9.59 Å². The quantitative estimate of drug-likeness (QED) is 0.332. The Kier molecular flexibility index (Phi) is 5.74. The van der Waals surface area contributed by atoms with E-state index in [0.717, 1.165) is 24.8 Å². The molecule has 0 aromatic rings. The second-order valence-electron chi connectivity index (χ2n) is 13.5. The third-order valence-electron chi connectivity index (χ3n) is 11.3. The van der Waals surface area contributed by atoms with Crippen LogP contribution in [0.2, 0.25) is 0 Å². The molecule has 4 rings (SSSR count). The zero-order valence-electron chi connectivity index (χ0n) is 21.9. The van der Waals surface area contributed by atoms with Gasteiger partial charge in [-0.15, -0.1) is 0 Å². The van der Waals surface area contributed by atoms with Gasteiger partial charge in [0.1, 0.15) is 5.78 Å². The number of carbonyl (C=O) groups is 2. The molecule has 7 atom stereocenters. The van der Waals surface area contributed by atoms with Crippen LogP contribution in [0.25, 0.3) is 0 Å². The van der Waals surface area contributed by atoms with Crippen LogP contribution in [-0.4, -0.2) is 11.6 Å². The molecule has 0 aromatic carbocycles. The Balaban J connectivity index is 1.64. The van der Waals surface area contributed by atoms with Crippen molar-refractivity contribution in [3.63, 3.8) is 0 Å². The fourth-order valence-electron chi connectivity index (χ4n) is 9.31. The fourth-order valence-corrected chi connectivity index (χ4v) is 9.31. The first-order valence-corrected chi connectivity index (χ1v) is 13.2. The van der Waals surface area contributed by atoms with Crippen molar-refractivity contribution in [3.05, 3.63) is 23.3 Å². The summed E-state index contributed by atoms with van der Waals surface area (Å²) in [4.78, 5) is 25.4. The van der Waals surface area contributed by atoms with E-state index in [0.29, 0.717) is 41.7 Å². The molecule has 3 fully saturated rings. The lowest BCUT2D eigenvalue weighted by Gasteiger charge is -2.63. The van der Waals surface area contributed by atoms with E-state index in [1.165, 1.54) is 25.7 Å². The highest BCUT2D eigenvalue weighted by atomic mass is 16.1. The topological polar surface area (TPSA) is 34.1 Å². The molecule has 2 heteroatoms. The molecule has 0 unspecified atom stereocenters. The van der Waals surface area contributed by atoms with Crippen LogP contribution >= 0.6 is 0 Å². The van der Waals surface area contributed by atoms with Gasteiger partial charge in [-0.05, 0) is 98.4 Å². The van der Waals surface area contributed by atoms with Crippen LogP contribution in [0.15, 0.2) is 23.3 Å². The summed E-state index contributed by atoms with van der Waals surface area (Å²) in [6.45, 7) is 18.4. The molecule has 3 saturated carbocycles. The standard InChI is InChI=1S/C30H46O2/c1-19(2)17-21(31)18-20(3)22-11-15-30(8)24-9-10-25-27(4,5)26(32)13-14-28(25,6)23(24)12-16-29(22,30)7/h9,17,20,22-23,25H,10-16,18H2,1-8H3/t20-,22-,23-,25+,28+,29-,30+/m0/s1. The highest BCUT2D eigenvalue weighted by molar-refractivity contribution is 5.90. The van der Waals surface area contributed by atoms with Crippen LogP contribution in [0.4, 0.5) is 0 Å². The van der Waals surface area contributed by atoms with Gasteiger partial charge in [0, 0.05) is 18.3 Å². The Bertz CT molecular complexity index is 871. The highest BCUT2D eigenvalue weighted by Gasteiger charge is 2.65. The average Bonchev–Trinajstić information content (AvgIpc) is 2.96. The summed E-state index contributed by atoms with van der Waals surface area (Å²) in [6, 6.07) is 0. The minimum absolute atomic E-state index is 0.200. The van der Waals surface area contributed by atoms with E-state index >= 15 is 0 Å². The first-order chi connectivity index (χ1) is 14.8. The van der Waals surface area contributed by atoms with Gasteiger partial charge in [-0.1, -0.05) is 58.8 Å². The highest BCUT2D eigenvalue weighted by Crippen LogP contribution is 2.73. The second-order valence-corrected chi connectivity index (χ2v) is 13.5. The lowest BCUT2D eigenvalue weighted by atomic mass is 9.41. The van der Waals surface area contributed by atoms with Crippen molar-refractivity contribution in [2.75, 3.05) is 0 Å². The number of ketones is 2. The Labute approximate surface area is 196 Å². The minimum atomic E-state index is -0.200. The lowest BCUT2D eigenvalue weighted by molar-refractivity contribution is -0.146. The predicted octanol–water partition coefficient (Wildman–Crippen LogP) is 7.72. The minimum Gasteiger partial charge on any atom is -0.299 e. The number of fused-ring (bicyclic) bond motifs is 5. The first-order valence-electron chi connectivity index (χ1n) is 13.2. The molecule has 0 aromatic heterocycles. The number of carbonyl (C=O) groups excluding carboxylic acids is 2. The molecule has 0 N–H and O–H groups in total. The van der Waals surface area contributed by atoms with Gasteiger partial charge in [0.15, 0.2) is 5.78 Å². The Morgan fingerprint density at radius 2 is 1.78 bits per heavy atom. The number of Topliss-reactive ketones (excluding diaryl/α,β-unsaturated/α-hetero) is 1. The molecule has 0 radical (unpaired) electrons. The molecule has 0 heterocycles. The molecule has 178 valence electrons. The summed E-state index contributed by atoms with van der Waals surface area (Å²) in [5, 5.41) is 0. The van der Waals surface area contributed by atoms with Crippen LogP contribution < -0.4 is 0 Å². The first kappa shape index (κ1) is 24.0. The number of hydrogen-bond donors (Lipinski definition) is 0. The predicted molar refractivity (Wildman–Crippen MR) is 132 cm³/mol. The van der Waals surface area contributed by atoms with Crippen LogP contribution in [0.5, 0.6) is 0 Å². The van der Waals surface area contributed by atoms with Crippen molar-refractivity contribution in [1.29, 1.82) is 0 Å². The van der Waals surface area contributed by atoms with Crippen molar-refractivity contribution in [2.45, 2.75) is 107 Å². The maximum absolute atomic E-state index is 12.8. The zero-order chi connectivity index (χ0) is 23.7. The normalized spacial score (nSPS) is 43.4. The van der Waals surface area contributed by atoms with E-state index in [9.17, 15) is 9.59 Å². The fraction of sp³-hybridized carbons (Fsp3) is 0.800. The van der Waals surface area contributed by atoms with Gasteiger partial charge in [0.05, 0.1) is 0 Å². The van der Waals surface area contributed by atoms with E-state index in [-0.39, 0.29) is 21.7 Å². The maximum atomic E-state index is 12.8. The SMILES string of the molecule is CC(C)=CC(=O)C[C@H](C)[C@@H]1CC[C@]2(C)C3=CC[C@@H]4C(C)(C)C(=O)CC[C@]4(C)[C@H]3CC[C@@]12C. The summed E-state index contributed by atoms with van der Waals surface area (Å²) in [7, 11) is 0. The van der Waals surface area contributed by atoms with Gasteiger partial charge in [-0.2, -0.15) is 0 Å². The van der Waals surface area contributed by atoms with Crippen LogP contribution in [-0.2, 0) is 9.59 Å². The summed E-state index contributed by atoms with van der Waals surface area (Å²) in [5.41, 5.74) is 3.37. The van der Waals surface area contributed by atoms with Gasteiger partial charge in [-0.25, -0.2) is 0 Å². The molecule has 4 aliphatic carbocycles. The van der Waals surface area contributed by atoms with Gasteiger partial charge >= 0.3 is 0 Å². The number of allylic oxidation sites excluding steroid dienone is 4. The van der Waals surface area contributed by atoms with Crippen molar-refractivity contribution in [2.24, 2.45) is 45.3 Å². The van der Waals surface area contributed by atoms with Gasteiger partial charge in [0.2, 0.25) is 0 Å². The van der Waals surface area contributed by atoms with Crippen molar-refractivity contribution in [1.82, 2.24) is 0 Å². The largest absolute Gasteiger partial charge is 0.299 e. The number of hydrogen-bond acceptors (Lipinski definition) is 2. The second kappa shape index (κ2) is 7.67. The third-order valence-corrected chi connectivity index (χ3v) is 11.3. The lowest BCUT2D eigenvalue weighted by Crippen LogP contribution is -2.57. The molecule has 0 spiro atoms. The maximum Gasteiger partial charge on any atom is 0.155 e. The van der Waals surface area contributed by atoms with Gasteiger partial charge in [-0.3, -0.25) is 9.59 Å². The Hall–Kier alpha value is -1.18. The van der Waals surface area contributed by atoms with Crippen LogP contribution in [0.1, 0.15) is 107 Å². The molecule has 0 saturated heterocycles. The molecule has 0 amide bonds. The van der Waals surface area contributed by atoms with Gasteiger partial charge < -0.3 is 0 Å². The molecular weight excluding hydrogens is 392 g/mol. The van der Waals surface area contributed by atoms with E-state index < -0.39 is 0 Å². The van der Waals surface area contributed by atoms with Crippen molar-refractivity contribution in [3.8, 4) is 0 Å². The summed E-state index contributed by atoms with van der Waals surface area (Å²) >= 11 is 0. The van der Waals surface area contributed by atoms with E-state index in [4.69, 9.17) is 0 Å². The van der Waals surface area contributed by atoms with E-state index in [2.05, 4.69) is 47.6 Å². The average molecular weight is 439 g/mol. The molecule has 0 aliphatic heterocycles. The van der Waals surface area contributed by atoms with Gasteiger partial charge in [0.25, 0.3) is 0 Å². The summed E-state index contributed by atoms with van der Waals surface area (Å²) in [5.74, 6) is 2.90. The molecule has 2 nitrogen and oxygen atoms in total. The van der Waals surface area contributed by atoms with Crippen LogP contribution in [0, 0.1) is 45.3 Å². The molecule has 4 aliphatic rings. The molecule has 32 heavy (non-hydrogen) atoms.